The lowest BCUT2D eigenvalue weighted by molar-refractivity contribution is -0.118. The molecule has 0 saturated carbocycles. The zero-order valence-electron chi connectivity index (χ0n) is 15.6. The largest absolute Gasteiger partial charge is 0.483 e. The highest BCUT2D eigenvalue weighted by Crippen LogP contribution is 2.38. The molecule has 0 bridgehead atoms. The maximum atomic E-state index is 12.5. The maximum Gasteiger partial charge on any atom is 0.341 e. The molecule has 1 aliphatic rings. The summed E-state index contributed by atoms with van der Waals surface area (Å²) in [7, 11) is 1.37. The number of rotatable bonds is 5. The van der Waals surface area contributed by atoms with Gasteiger partial charge in [0.1, 0.15) is 10.8 Å². The van der Waals surface area contributed by atoms with Crippen LogP contribution in [0.5, 0.6) is 5.75 Å². The summed E-state index contributed by atoms with van der Waals surface area (Å²) < 4.78 is 10.7. The molecule has 144 valence electrons. The van der Waals surface area contributed by atoms with E-state index in [0.29, 0.717) is 16.3 Å². The molecule has 0 radical (unpaired) electrons. The van der Waals surface area contributed by atoms with Gasteiger partial charge in [0.05, 0.1) is 12.7 Å². The number of nitrogens with one attached hydrogen (secondary N) is 1. The van der Waals surface area contributed by atoms with Crippen molar-refractivity contribution in [2.45, 2.75) is 25.7 Å². The number of hydrogen-bond acceptors (Lipinski definition) is 5. The molecule has 28 heavy (non-hydrogen) atoms. The van der Waals surface area contributed by atoms with Gasteiger partial charge in [-0.25, -0.2) is 4.79 Å². The molecule has 1 heterocycles. The van der Waals surface area contributed by atoms with E-state index in [2.05, 4.69) is 5.32 Å². The molecule has 1 amide bonds. The molecule has 4 rings (SSSR count). The fraction of sp³-hybridized carbons (Fsp3) is 0.273. The fourth-order valence-corrected chi connectivity index (χ4v) is 4.89. The topological polar surface area (TPSA) is 64.6 Å². The lowest BCUT2D eigenvalue weighted by Gasteiger charge is -2.12. The van der Waals surface area contributed by atoms with Crippen molar-refractivity contribution in [1.82, 2.24) is 0 Å². The zero-order chi connectivity index (χ0) is 19.5. The first-order chi connectivity index (χ1) is 13.7. The van der Waals surface area contributed by atoms with Crippen molar-refractivity contribution >= 4 is 39.0 Å². The number of methoxy groups -OCH3 is 1. The van der Waals surface area contributed by atoms with Crippen LogP contribution in [0, 0.1) is 0 Å². The van der Waals surface area contributed by atoms with Crippen LogP contribution in [0.4, 0.5) is 5.00 Å². The van der Waals surface area contributed by atoms with Gasteiger partial charge in [0.25, 0.3) is 5.91 Å². The predicted octanol–water partition coefficient (Wildman–Crippen LogP) is 4.58. The van der Waals surface area contributed by atoms with E-state index in [1.165, 1.54) is 18.4 Å². The summed E-state index contributed by atoms with van der Waals surface area (Å²) in [5, 5.41) is 5.43. The van der Waals surface area contributed by atoms with Crippen LogP contribution in [0.1, 0.15) is 33.6 Å². The Bertz CT molecular complexity index is 1030. The summed E-state index contributed by atoms with van der Waals surface area (Å²) >= 11 is 1.47. The van der Waals surface area contributed by atoms with Gasteiger partial charge in [-0.1, -0.05) is 36.4 Å². The van der Waals surface area contributed by atoms with Crippen molar-refractivity contribution in [2.24, 2.45) is 0 Å². The minimum Gasteiger partial charge on any atom is -0.483 e. The van der Waals surface area contributed by atoms with Crippen LogP contribution in [0.3, 0.4) is 0 Å². The fourth-order valence-electron chi connectivity index (χ4n) is 3.60. The van der Waals surface area contributed by atoms with Gasteiger partial charge in [-0.2, -0.15) is 0 Å². The van der Waals surface area contributed by atoms with Crippen molar-refractivity contribution in [3.63, 3.8) is 0 Å². The number of fused-ring (bicyclic) bond motifs is 2. The molecule has 0 spiro atoms. The molecule has 3 aromatic rings. The third-order valence-corrected chi connectivity index (χ3v) is 6.13. The Morgan fingerprint density at radius 1 is 1.07 bits per heavy atom. The second-order valence-corrected chi connectivity index (χ2v) is 7.83. The first-order valence-corrected chi connectivity index (χ1v) is 10.1. The van der Waals surface area contributed by atoms with Gasteiger partial charge < -0.3 is 14.8 Å². The highest BCUT2D eigenvalue weighted by Gasteiger charge is 2.27. The standard InChI is InChI=1S/C22H21NO4S/c1-26-22(25)20-16-10-4-5-12-18(16)28-21(20)23-19(24)13-27-17-11-6-8-14-7-2-3-9-15(14)17/h2-3,6-9,11H,4-5,10,12-13H2,1H3,(H,23,24). The molecule has 0 fully saturated rings. The molecule has 6 heteroatoms. The molecule has 0 atom stereocenters. The van der Waals surface area contributed by atoms with Crippen LogP contribution in [-0.2, 0) is 22.4 Å². The van der Waals surface area contributed by atoms with Gasteiger partial charge in [-0.3, -0.25) is 4.79 Å². The molecule has 1 N–H and O–H groups in total. The Balaban J connectivity index is 1.51. The van der Waals surface area contributed by atoms with Crippen LogP contribution < -0.4 is 10.1 Å². The predicted molar refractivity (Wildman–Crippen MR) is 110 cm³/mol. The van der Waals surface area contributed by atoms with E-state index < -0.39 is 5.97 Å². The first-order valence-electron chi connectivity index (χ1n) is 9.30. The number of hydrogen-bond donors (Lipinski definition) is 1. The van der Waals surface area contributed by atoms with Crippen molar-refractivity contribution in [3.8, 4) is 5.75 Å². The summed E-state index contributed by atoms with van der Waals surface area (Å²) in [5.41, 5.74) is 1.52. The number of ether oxygens (including phenoxy) is 2. The molecule has 0 unspecified atom stereocenters. The van der Waals surface area contributed by atoms with E-state index >= 15 is 0 Å². The molecular formula is C22H21NO4S. The molecular weight excluding hydrogens is 374 g/mol. The molecule has 0 aliphatic heterocycles. The number of anilines is 1. The van der Waals surface area contributed by atoms with Gasteiger partial charge in [-0.05, 0) is 42.7 Å². The molecule has 1 aliphatic carbocycles. The Morgan fingerprint density at radius 3 is 2.71 bits per heavy atom. The van der Waals surface area contributed by atoms with E-state index in [-0.39, 0.29) is 12.5 Å². The molecule has 2 aromatic carbocycles. The summed E-state index contributed by atoms with van der Waals surface area (Å²) in [6.07, 6.45) is 3.93. The minimum absolute atomic E-state index is 0.128. The van der Waals surface area contributed by atoms with Gasteiger partial charge in [0.15, 0.2) is 6.61 Å². The second kappa shape index (κ2) is 8.02. The number of carbonyl (C=O) groups excluding carboxylic acids is 2. The Kier molecular flexibility index (Phi) is 5.30. The van der Waals surface area contributed by atoms with Crippen LogP contribution >= 0.6 is 11.3 Å². The number of aryl methyl sites for hydroxylation is 1. The van der Waals surface area contributed by atoms with Crippen LogP contribution in [0.25, 0.3) is 10.8 Å². The summed E-state index contributed by atoms with van der Waals surface area (Å²) in [6, 6.07) is 13.6. The molecule has 0 saturated heterocycles. The van der Waals surface area contributed by atoms with Crippen molar-refractivity contribution in [2.75, 3.05) is 19.0 Å². The third kappa shape index (κ3) is 3.60. The summed E-state index contributed by atoms with van der Waals surface area (Å²) in [5.74, 6) is -0.0340. The lowest BCUT2D eigenvalue weighted by Crippen LogP contribution is -2.21. The highest BCUT2D eigenvalue weighted by atomic mass is 32.1. The van der Waals surface area contributed by atoms with E-state index in [9.17, 15) is 9.59 Å². The average molecular weight is 395 g/mol. The number of thiophene rings is 1. The molecule has 1 aromatic heterocycles. The monoisotopic (exact) mass is 395 g/mol. The summed E-state index contributed by atoms with van der Waals surface area (Å²) in [6.45, 7) is -0.128. The van der Waals surface area contributed by atoms with Gasteiger partial charge >= 0.3 is 5.97 Å². The number of benzene rings is 2. The van der Waals surface area contributed by atoms with E-state index in [1.807, 2.05) is 42.5 Å². The maximum absolute atomic E-state index is 12.5. The molecule has 5 nitrogen and oxygen atoms in total. The van der Waals surface area contributed by atoms with Crippen molar-refractivity contribution < 1.29 is 19.1 Å². The number of carbonyl (C=O) groups is 2. The quantitative estimate of drug-likeness (QED) is 0.642. The number of amides is 1. The SMILES string of the molecule is COC(=O)c1c(NC(=O)COc2cccc3ccccc23)sc2c1CCCC2. The Labute approximate surface area is 167 Å². The van der Waals surface area contributed by atoms with Crippen molar-refractivity contribution in [3.05, 3.63) is 58.5 Å². The van der Waals surface area contributed by atoms with E-state index in [4.69, 9.17) is 9.47 Å². The zero-order valence-corrected chi connectivity index (χ0v) is 16.4. The first kappa shape index (κ1) is 18.5. The Hall–Kier alpha value is -2.86. The van der Waals surface area contributed by atoms with Crippen LogP contribution in [0.15, 0.2) is 42.5 Å². The third-order valence-electron chi connectivity index (χ3n) is 4.92. The van der Waals surface area contributed by atoms with Gasteiger partial charge in [0, 0.05) is 10.3 Å². The Morgan fingerprint density at radius 2 is 1.86 bits per heavy atom. The van der Waals surface area contributed by atoms with Gasteiger partial charge in [-0.15, -0.1) is 11.3 Å². The lowest BCUT2D eigenvalue weighted by atomic mass is 9.95. The van der Waals surface area contributed by atoms with E-state index in [1.54, 1.807) is 0 Å². The van der Waals surface area contributed by atoms with Crippen molar-refractivity contribution in [1.29, 1.82) is 0 Å². The second-order valence-electron chi connectivity index (χ2n) is 6.72. The average Bonchev–Trinajstić information content (AvgIpc) is 3.09. The normalized spacial score (nSPS) is 13.0. The highest BCUT2D eigenvalue weighted by molar-refractivity contribution is 7.17. The van der Waals surface area contributed by atoms with Crippen LogP contribution in [-0.4, -0.2) is 25.6 Å². The van der Waals surface area contributed by atoms with E-state index in [0.717, 1.165) is 46.9 Å². The number of esters is 1. The smallest absolute Gasteiger partial charge is 0.341 e. The van der Waals surface area contributed by atoms with Gasteiger partial charge in [0.2, 0.25) is 0 Å². The van der Waals surface area contributed by atoms with Crippen LogP contribution in [0.2, 0.25) is 0 Å². The summed E-state index contributed by atoms with van der Waals surface area (Å²) in [4.78, 5) is 26.0. The minimum atomic E-state index is -0.398.